The third kappa shape index (κ3) is 2.15. The van der Waals surface area contributed by atoms with Crippen molar-refractivity contribution >= 4 is 5.78 Å². The number of carbonyl (C=O) groups is 1. The normalized spacial score (nSPS) is 35.3. The van der Waals surface area contributed by atoms with Crippen LogP contribution in [0.4, 0.5) is 0 Å². The minimum absolute atomic E-state index is 0.100. The van der Waals surface area contributed by atoms with Crippen molar-refractivity contribution in [2.45, 2.75) is 37.9 Å². The molecular formula is C11H16N2O3. The molecule has 3 atom stereocenters. The quantitative estimate of drug-likeness (QED) is 0.662. The number of aromatic nitrogens is 2. The highest BCUT2D eigenvalue weighted by Gasteiger charge is 2.42. The van der Waals surface area contributed by atoms with Gasteiger partial charge in [0.25, 0.3) is 0 Å². The van der Waals surface area contributed by atoms with Gasteiger partial charge in [0.1, 0.15) is 11.7 Å². The van der Waals surface area contributed by atoms with E-state index >= 15 is 0 Å². The molecule has 1 fully saturated rings. The first-order valence-electron chi connectivity index (χ1n) is 5.41. The van der Waals surface area contributed by atoms with Crippen LogP contribution in [0.2, 0.25) is 0 Å². The maximum atomic E-state index is 11.5. The highest BCUT2D eigenvalue weighted by Crippen LogP contribution is 2.31. The van der Waals surface area contributed by atoms with Gasteiger partial charge in [0, 0.05) is 11.9 Å². The second-order valence-corrected chi connectivity index (χ2v) is 4.74. The molecule has 3 N–H and O–H groups in total. The Morgan fingerprint density at radius 3 is 3.00 bits per heavy atom. The van der Waals surface area contributed by atoms with Crippen LogP contribution >= 0.6 is 0 Å². The van der Waals surface area contributed by atoms with Crippen LogP contribution in [-0.4, -0.2) is 37.7 Å². The fraction of sp³-hybridized carbons (Fsp3) is 0.636. The molecule has 0 aliphatic heterocycles. The molecule has 0 bridgehead atoms. The number of aromatic amines is 1. The molecule has 1 unspecified atom stereocenters. The summed E-state index contributed by atoms with van der Waals surface area (Å²) in [5, 5.41) is 19.5. The number of rotatable bonds is 2. The van der Waals surface area contributed by atoms with Crippen LogP contribution in [0.1, 0.15) is 25.5 Å². The number of hydrogen-bond acceptors (Lipinski definition) is 4. The van der Waals surface area contributed by atoms with Gasteiger partial charge in [-0.15, -0.1) is 0 Å². The van der Waals surface area contributed by atoms with E-state index < -0.39 is 17.5 Å². The van der Waals surface area contributed by atoms with Crippen LogP contribution in [0.15, 0.2) is 12.5 Å². The Balaban J connectivity index is 2.05. The van der Waals surface area contributed by atoms with Crippen LogP contribution < -0.4 is 0 Å². The van der Waals surface area contributed by atoms with Gasteiger partial charge in [-0.05, 0) is 32.1 Å². The largest absolute Gasteiger partial charge is 0.385 e. The first-order chi connectivity index (χ1) is 7.49. The molecule has 1 aromatic heterocycles. The second-order valence-electron chi connectivity index (χ2n) is 4.74. The zero-order valence-electron chi connectivity index (χ0n) is 9.18. The van der Waals surface area contributed by atoms with E-state index in [4.69, 9.17) is 0 Å². The highest BCUT2D eigenvalue weighted by atomic mass is 16.3. The number of ketones is 1. The van der Waals surface area contributed by atoms with E-state index in [1.807, 2.05) is 0 Å². The average molecular weight is 224 g/mol. The zero-order valence-corrected chi connectivity index (χ0v) is 9.18. The molecular weight excluding hydrogens is 208 g/mol. The number of carbonyl (C=O) groups excluding carboxylic acids is 1. The predicted molar refractivity (Wildman–Crippen MR) is 56.7 cm³/mol. The fourth-order valence-corrected chi connectivity index (χ4v) is 2.39. The van der Waals surface area contributed by atoms with Gasteiger partial charge >= 0.3 is 0 Å². The summed E-state index contributed by atoms with van der Waals surface area (Å²) in [5.41, 5.74) is -0.440. The molecule has 1 aromatic rings. The van der Waals surface area contributed by atoms with E-state index in [2.05, 4.69) is 9.97 Å². The van der Waals surface area contributed by atoms with Crippen molar-refractivity contribution in [2.75, 3.05) is 0 Å². The Morgan fingerprint density at radius 1 is 1.69 bits per heavy atom. The molecule has 0 amide bonds. The maximum Gasteiger partial charge on any atom is 0.192 e. The van der Waals surface area contributed by atoms with Crippen LogP contribution in [0.25, 0.3) is 0 Å². The zero-order chi connectivity index (χ0) is 11.8. The number of H-pyrrole nitrogens is 1. The standard InChI is InChI=1S/C11H16N2O3/c1-11(16)4-7(3-9(14)10(11)15)2-8-5-12-6-13-8/h5-7,9,14,16H,2-4H2,1H3,(H,12,13)/t7?,9-,11-/m1/s1. The molecule has 5 heteroatoms. The summed E-state index contributed by atoms with van der Waals surface area (Å²) < 4.78 is 0. The Hall–Kier alpha value is -1.20. The highest BCUT2D eigenvalue weighted by molar-refractivity contribution is 5.91. The van der Waals surface area contributed by atoms with Gasteiger partial charge in [-0.1, -0.05) is 0 Å². The predicted octanol–water partition coefficient (Wildman–Crippen LogP) is 0.0432. The molecule has 88 valence electrons. The minimum Gasteiger partial charge on any atom is -0.385 e. The van der Waals surface area contributed by atoms with E-state index in [0.29, 0.717) is 19.3 Å². The smallest absolute Gasteiger partial charge is 0.192 e. The molecule has 1 aliphatic rings. The number of imidazole rings is 1. The van der Waals surface area contributed by atoms with Gasteiger partial charge in [0.15, 0.2) is 5.78 Å². The topological polar surface area (TPSA) is 86.2 Å². The first kappa shape index (κ1) is 11.3. The fourth-order valence-electron chi connectivity index (χ4n) is 2.39. The van der Waals surface area contributed by atoms with Crippen LogP contribution in [0.3, 0.4) is 0 Å². The lowest BCUT2D eigenvalue weighted by atomic mass is 9.75. The molecule has 2 rings (SSSR count). The van der Waals surface area contributed by atoms with Gasteiger partial charge in [-0.3, -0.25) is 4.79 Å². The van der Waals surface area contributed by atoms with Crippen molar-refractivity contribution in [2.24, 2.45) is 5.92 Å². The lowest BCUT2D eigenvalue weighted by Crippen LogP contribution is -2.49. The molecule has 1 saturated carbocycles. The Bertz CT molecular complexity index is 373. The van der Waals surface area contributed by atoms with Crippen molar-refractivity contribution in [3.05, 3.63) is 18.2 Å². The number of aliphatic hydroxyl groups is 2. The van der Waals surface area contributed by atoms with Crippen LogP contribution in [-0.2, 0) is 11.2 Å². The van der Waals surface area contributed by atoms with Crippen LogP contribution in [0.5, 0.6) is 0 Å². The minimum atomic E-state index is -1.40. The van der Waals surface area contributed by atoms with Crippen molar-refractivity contribution in [3.8, 4) is 0 Å². The van der Waals surface area contributed by atoms with Gasteiger partial charge in [-0.25, -0.2) is 4.98 Å². The average Bonchev–Trinajstić information content (AvgIpc) is 2.66. The summed E-state index contributed by atoms with van der Waals surface area (Å²) in [6.07, 6.45) is 3.77. The first-order valence-corrected chi connectivity index (χ1v) is 5.41. The Morgan fingerprint density at radius 2 is 2.44 bits per heavy atom. The van der Waals surface area contributed by atoms with Gasteiger partial charge in [0.05, 0.1) is 6.33 Å². The number of aliphatic hydroxyl groups excluding tert-OH is 1. The number of nitrogens with zero attached hydrogens (tertiary/aromatic N) is 1. The van der Waals surface area contributed by atoms with Gasteiger partial charge in [0.2, 0.25) is 0 Å². The van der Waals surface area contributed by atoms with E-state index in [-0.39, 0.29) is 5.92 Å². The summed E-state index contributed by atoms with van der Waals surface area (Å²) in [6, 6.07) is 0. The lowest BCUT2D eigenvalue weighted by Gasteiger charge is -2.35. The summed E-state index contributed by atoms with van der Waals surface area (Å²) in [4.78, 5) is 18.4. The van der Waals surface area contributed by atoms with Gasteiger partial charge in [-0.2, -0.15) is 0 Å². The third-order valence-corrected chi connectivity index (χ3v) is 3.14. The SMILES string of the molecule is C[C@@]1(O)CC(Cc2cnc[nH]2)C[C@@H](O)C1=O. The monoisotopic (exact) mass is 224 g/mol. The molecule has 5 nitrogen and oxygen atoms in total. The molecule has 0 aromatic carbocycles. The summed E-state index contributed by atoms with van der Waals surface area (Å²) in [6.45, 7) is 1.47. The van der Waals surface area contributed by atoms with Crippen LogP contribution in [0, 0.1) is 5.92 Å². The summed E-state index contributed by atoms with van der Waals surface area (Å²) >= 11 is 0. The summed E-state index contributed by atoms with van der Waals surface area (Å²) in [7, 11) is 0. The van der Waals surface area contributed by atoms with Crippen molar-refractivity contribution in [1.29, 1.82) is 0 Å². The lowest BCUT2D eigenvalue weighted by molar-refractivity contribution is -0.152. The molecule has 0 saturated heterocycles. The number of nitrogens with one attached hydrogen (secondary N) is 1. The van der Waals surface area contributed by atoms with Crippen molar-refractivity contribution in [3.63, 3.8) is 0 Å². The van der Waals surface area contributed by atoms with E-state index in [9.17, 15) is 15.0 Å². The third-order valence-electron chi connectivity index (χ3n) is 3.14. The maximum absolute atomic E-state index is 11.5. The molecule has 0 radical (unpaired) electrons. The van der Waals surface area contributed by atoms with E-state index in [1.54, 1.807) is 12.5 Å². The second kappa shape index (κ2) is 3.99. The van der Waals surface area contributed by atoms with Gasteiger partial charge < -0.3 is 15.2 Å². The van der Waals surface area contributed by atoms with E-state index in [0.717, 1.165) is 5.69 Å². The number of Topliss-reactive ketones (excluding diaryl/α,β-unsaturated/α-hetero) is 1. The van der Waals surface area contributed by atoms with Crippen molar-refractivity contribution in [1.82, 2.24) is 9.97 Å². The summed E-state index contributed by atoms with van der Waals surface area (Å²) in [5.74, 6) is -0.364. The molecule has 1 heterocycles. The molecule has 16 heavy (non-hydrogen) atoms. The molecule has 1 aliphatic carbocycles. The number of hydrogen-bond donors (Lipinski definition) is 3. The Kier molecular flexibility index (Phi) is 2.82. The Labute approximate surface area is 93.5 Å². The molecule has 0 spiro atoms. The van der Waals surface area contributed by atoms with Crippen molar-refractivity contribution < 1.29 is 15.0 Å². The van der Waals surface area contributed by atoms with E-state index in [1.165, 1.54) is 6.92 Å².